The molecule has 0 saturated heterocycles. The normalized spacial score (nSPS) is 10.9. The van der Waals surface area contributed by atoms with Gasteiger partial charge in [0.15, 0.2) is 0 Å². The van der Waals surface area contributed by atoms with Crippen molar-refractivity contribution in [3.8, 4) is 0 Å². The molecule has 0 aliphatic rings. The van der Waals surface area contributed by atoms with Crippen molar-refractivity contribution < 1.29 is 19.2 Å². The maximum Gasteiger partial charge on any atom is 0.332 e. The minimum Gasteiger partial charge on any atom is -0.463 e. The largest absolute Gasteiger partial charge is 0.463 e. The van der Waals surface area contributed by atoms with E-state index in [1.54, 1.807) is 13.0 Å². The zero-order valence-corrected chi connectivity index (χ0v) is 11.8. The van der Waals surface area contributed by atoms with Gasteiger partial charge in [-0.2, -0.15) is 0 Å². The summed E-state index contributed by atoms with van der Waals surface area (Å²) in [5, 5.41) is 13.3. The number of carbonyl (C=O) groups excluding carboxylic acids is 2. The third kappa shape index (κ3) is 5.43. The number of carbonyl (C=O) groups is 2. The van der Waals surface area contributed by atoms with Crippen molar-refractivity contribution in [2.45, 2.75) is 20.3 Å². The van der Waals surface area contributed by atoms with E-state index < -0.39 is 16.8 Å². The monoisotopic (exact) mass is 292 g/mol. The maximum absolute atomic E-state index is 11.8. The molecular formula is C14H16N2O5. The van der Waals surface area contributed by atoms with Gasteiger partial charge in [0, 0.05) is 23.4 Å². The average Bonchev–Trinajstić information content (AvgIpc) is 2.38. The second-order valence-electron chi connectivity index (χ2n) is 4.19. The van der Waals surface area contributed by atoms with E-state index in [9.17, 15) is 19.7 Å². The van der Waals surface area contributed by atoms with Crippen LogP contribution in [0.5, 0.6) is 0 Å². The van der Waals surface area contributed by atoms with Crippen molar-refractivity contribution in [1.82, 2.24) is 5.32 Å². The van der Waals surface area contributed by atoms with Crippen molar-refractivity contribution in [3.05, 3.63) is 51.7 Å². The highest BCUT2D eigenvalue weighted by Crippen LogP contribution is 2.18. The molecule has 112 valence electrons. The number of hydrogen-bond acceptors (Lipinski definition) is 5. The van der Waals surface area contributed by atoms with Crippen LogP contribution in [0.15, 0.2) is 36.0 Å². The molecule has 0 bridgehead atoms. The van der Waals surface area contributed by atoms with Crippen LogP contribution in [0.2, 0.25) is 0 Å². The average molecular weight is 292 g/mol. The summed E-state index contributed by atoms with van der Waals surface area (Å²) in [6, 6.07) is 6.01. The van der Waals surface area contributed by atoms with Crippen molar-refractivity contribution in [3.63, 3.8) is 0 Å². The first kappa shape index (κ1) is 16.4. The number of esters is 1. The zero-order valence-electron chi connectivity index (χ0n) is 11.8. The molecule has 0 saturated carbocycles. The van der Waals surface area contributed by atoms with Crippen LogP contribution in [-0.4, -0.2) is 23.4 Å². The molecule has 7 heteroatoms. The fourth-order valence-corrected chi connectivity index (χ4v) is 1.67. The summed E-state index contributed by atoms with van der Waals surface area (Å²) in [5.41, 5.74) is 0.514. The lowest BCUT2D eigenvalue weighted by atomic mass is 10.1. The first-order valence-corrected chi connectivity index (χ1v) is 6.31. The number of nitrogens with one attached hydrogen (secondary N) is 1. The Labute approximate surface area is 121 Å². The summed E-state index contributed by atoms with van der Waals surface area (Å²) in [5.74, 6) is -0.997. The van der Waals surface area contributed by atoms with Gasteiger partial charge in [-0.1, -0.05) is 18.2 Å². The third-order valence-electron chi connectivity index (χ3n) is 2.50. The highest BCUT2D eigenvalue weighted by atomic mass is 16.6. The lowest BCUT2D eigenvalue weighted by molar-refractivity contribution is -0.385. The molecule has 21 heavy (non-hydrogen) atoms. The van der Waals surface area contributed by atoms with Crippen molar-refractivity contribution >= 4 is 17.6 Å². The predicted molar refractivity (Wildman–Crippen MR) is 75.3 cm³/mol. The number of para-hydroxylation sites is 1. The Morgan fingerprint density at radius 3 is 2.67 bits per heavy atom. The molecule has 0 fully saturated rings. The molecule has 0 radical (unpaired) electrons. The Balaban J connectivity index is 2.70. The number of nitro groups is 1. The Bertz CT molecular complexity index is 580. The van der Waals surface area contributed by atoms with Gasteiger partial charge in [0.1, 0.15) is 0 Å². The smallest absolute Gasteiger partial charge is 0.332 e. The van der Waals surface area contributed by atoms with E-state index in [0.717, 1.165) is 6.08 Å². The van der Waals surface area contributed by atoms with Gasteiger partial charge in [0.05, 0.1) is 18.0 Å². The molecule has 0 unspecified atom stereocenters. The maximum atomic E-state index is 11.8. The minimum absolute atomic E-state index is 0.111. The van der Waals surface area contributed by atoms with Crippen LogP contribution in [-0.2, 0) is 20.7 Å². The number of amides is 1. The van der Waals surface area contributed by atoms with E-state index in [-0.39, 0.29) is 18.7 Å². The van der Waals surface area contributed by atoms with Gasteiger partial charge in [0.2, 0.25) is 5.91 Å². The number of rotatable bonds is 6. The fraction of sp³-hybridized carbons (Fsp3) is 0.286. The number of nitro benzene ring substituents is 1. The quantitative estimate of drug-likeness (QED) is 0.372. The van der Waals surface area contributed by atoms with E-state index in [1.807, 2.05) is 0 Å². The SMILES string of the molecule is CCOC(=O)/C=C(/C)NC(=O)Cc1ccccc1[N+](=O)[O-]. The van der Waals surface area contributed by atoms with Crippen molar-refractivity contribution in [2.75, 3.05) is 6.61 Å². The number of hydrogen-bond donors (Lipinski definition) is 1. The number of ether oxygens (including phenoxy) is 1. The van der Waals surface area contributed by atoms with Crippen molar-refractivity contribution in [1.29, 1.82) is 0 Å². The second kappa shape index (κ2) is 7.78. The lowest BCUT2D eigenvalue weighted by Gasteiger charge is -2.06. The molecule has 1 aromatic carbocycles. The summed E-state index contributed by atoms with van der Waals surface area (Å²) in [4.78, 5) is 33.3. The Kier molecular flexibility index (Phi) is 6.06. The molecule has 1 amide bonds. The highest BCUT2D eigenvalue weighted by Gasteiger charge is 2.15. The summed E-state index contributed by atoms with van der Waals surface area (Å²) in [6.07, 6.45) is 1.01. The molecule has 7 nitrogen and oxygen atoms in total. The van der Waals surface area contributed by atoms with Crippen LogP contribution in [0.3, 0.4) is 0 Å². The minimum atomic E-state index is -0.555. The van der Waals surface area contributed by atoms with Crippen LogP contribution in [0.1, 0.15) is 19.4 Å². The molecule has 0 atom stereocenters. The van der Waals surface area contributed by atoms with E-state index >= 15 is 0 Å². The predicted octanol–water partition coefficient (Wildman–Crippen LogP) is 1.72. The third-order valence-corrected chi connectivity index (χ3v) is 2.50. The number of nitrogens with zero attached hydrogens (tertiary/aromatic N) is 1. The van der Waals surface area contributed by atoms with Gasteiger partial charge in [0.25, 0.3) is 5.69 Å². The molecule has 1 rings (SSSR count). The molecule has 0 heterocycles. The molecule has 0 aliphatic carbocycles. The molecule has 1 N–H and O–H groups in total. The summed E-state index contributed by atoms with van der Waals surface area (Å²) >= 11 is 0. The summed E-state index contributed by atoms with van der Waals surface area (Å²) in [6.45, 7) is 3.45. The lowest BCUT2D eigenvalue weighted by Crippen LogP contribution is -2.24. The fourth-order valence-electron chi connectivity index (χ4n) is 1.67. The number of allylic oxidation sites excluding steroid dienone is 1. The van der Waals surface area contributed by atoms with Crippen molar-refractivity contribution in [2.24, 2.45) is 0 Å². The van der Waals surface area contributed by atoms with Crippen LogP contribution in [0.25, 0.3) is 0 Å². The highest BCUT2D eigenvalue weighted by molar-refractivity contribution is 5.86. The van der Waals surface area contributed by atoms with Gasteiger partial charge >= 0.3 is 5.97 Å². The van der Waals surface area contributed by atoms with Crippen LogP contribution < -0.4 is 5.32 Å². The first-order valence-electron chi connectivity index (χ1n) is 6.31. The van der Waals surface area contributed by atoms with E-state index in [1.165, 1.54) is 25.1 Å². The molecular weight excluding hydrogens is 276 g/mol. The van der Waals surface area contributed by atoms with Gasteiger partial charge in [-0.25, -0.2) is 4.79 Å². The van der Waals surface area contributed by atoms with Gasteiger partial charge < -0.3 is 10.1 Å². The standard InChI is InChI=1S/C14H16N2O5/c1-3-21-14(18)8-10(2)15-13(17)9-11-6-4-5-7-12(11)16(19)20/h4-8H,3,9H2,1-2H3,(H,15,17)/b10-8-. The molecule has 1 aromatic rings. The molecule has 0 aromatic heterocycles. The second-order valence-corrected chi connectivity index (χ2v) is 4.19. The van der Waals surface area contributed by atoms with E-state index in [2.05, 4.69) is 5.32 Å². The van der Waals surface area contributed by atoms with Gasteiger partial charge in [-0.05, 0) is 13.8 Å². The topological polar surface area (TPSA) is 98.5 Å². The molecule has 0 aliphatic heterocycles. The Morgan fingerprint density at radius 2 is 2.05 bits per heavy atom. The zero-order chi connectivity index (χ0) is 15.8. The van der Waals surface area contributed by atoms with Gasteiger partial charge in [-0.3, -0.25) is 14.9 Å². The van der Waals surface area contributed by atoms with E-state index in [0.29, 0.717) is 11.3 Å². The first-order chi connectivity index (χ1) is 9.93. The summed E-state index contributed by atoms with van der Waals surface area (Å²) < 4.78 is 4.71. The number of benzene rings is 1. The molecule has 0 spiro atoms. The van der Waals surface area contributed by atoms with Gasteiger partial charge in [-0.15, -0.1) is 0 Å². The van der Waals surface area contributed by atoms with Crippen LogP contribution in [0, 0.1) is 10.1 Å². The van der Waals surface area contributed by atoms with E-state index in [4.69, 9.17) is 4.74 Å². The summed E-state index contributed by atoms with van der Waals surface area (Å²) in [7, 11) is 0. The van der Waals surface area contributed by atoms with Crippen LogP contribution >= 0.6 is 0 Å². The Hall–Kier alpha value is -2.70. The van der Waals surface area contributed by atoms with Crippen LogP contribution in [0.4, 0.5) is 5.69 Å². The Morgan fingerprint density at radius 1 is 1.38 bits per heavy atom.